The van der Waals surface area contributed by atoms with E-state index in [-0.39, 0.29) is 0 Å². The van der Waals surface area contributed by atoms with E-state index < -0.39 is 0 Å². The van der Waals surface area contributed by atoms with E-state index in [2.05, 4.69) is 54.0 Å². The van der Waals surface area contributed by atoms with Gasteiger partial charge in [0.25, 0.3) is 0 Å². The molecule has 2 rings (SSSR count). The Morgan fingerprint density at radius 2 is 1.85 bits per heavy atom. The van der Waals surface area contributed by atoms with E-state index in [1.54, 1.807) is 6.33 Å². The number of aromatic nitrogens is 2. The van der Waals surface area contributed by atoms with E-state index in [1.165, 1.54) is 5.56 Å². The van der Waals surface area contributed by atoms with Crippen LogP contribution in [-0.2, 0) is 6.54 Å². The summed E-state index contributed by atoms with van der Waals surface area (Å²) >= 11 is 3.47. The topological polar surface area (TPSA) is 61.9 Å². The smallest absolute Gasteiger partial charge is 0.131 e. The van der Waals surface area contributed by atoms with Crippen LogP contribution < -0.4 is 16.0 Å². The predicted octanol–water partition coefficient (Wildman–Crippen LogP) is 2.48. The van der Waals surface area contributed by atoms with Gasteiger partial charge in [0.2, 0.25) is 0 Å². The van der Waals surface area contributed by atoms with Crippen molar-refractivity contribution in [2.75, 3.05) is 30.8 Å². The highest BCUT2D eigenvalue weighted by molar-refractivity contribution is 9.10. The van der Waals surface area contributed by atoms with Gasteiger partial charge in [-0.2, -0.15) is 0 Å². The molecular formula is C14H18BrN5. The number of nitrogens with zero attached hydrogens (tertiary/aromatic N) is 2. The van der Waals surface area contributed by atoms with Crippen molar-refractivity contribution in [2.45, 2.75) is 6.54 Å². The summed E-state index contributed by atoms with van der Waals surface area (Å²) in [5.74, 6) is 1.64. The summed E-state index contributed by atoms with van der Waals surface area (Å²) in [5.41, 5.74) is 1.20. The second-order valence-corrected chi connectivity index (χ2v) is 5.22. The number of anilines is 2. The van der Waals surface area contributed by atoms with Crippen molar-refractivity contribution in [3.63, 3.8) is 0 Å². The van der Waals surface area contributed by atoms with Crippen LogP contribution in [0.25, 0.3) is 0 Å². The third kappa shape index (κ3) is 4.79. The molecule has 0 spiro atoms. The third-order valence-corrected chi connectivity index (χ3v) is 3.20. The van der Waals surface area contributed by atoms with Crippen molar-refractivity contribution in [1.29, 1.82) is 0 Å². The molecule has 20 heavy (non-hydrogen) atoms. The van der Waals surface area contributed by atoms with Crippen LogP contribution in [0.5, 0.6) is 0 Å². The van der Waals surface area contributed by atoms with Gasteiger partial charge in [-0.15, -0.1) is 0 Å². The summed E-state index contributed by atoms with van der Waals surface area (Å²) in [6.45, 7) is 2.45. The van der Waals surface area contributed by atoms with Gasteiger partial charge >= 0.3 is 0 Å². The second kappa shape index (κ2) is 7.81. The molecule has 106 valence electrons. The molecule has 1 heterocycles. The standard InChI is InChI=1S/C14H18BrN5/c1-16-5-6-17-13-8-14(20-10-19-13)18-9-11-3-2-4-12(15)7-11/h2-4,7-8,10,16H,5-6,9H2,1H3,(H2,17,18,19,20). The van der Waals surface area contributed by atoms with Gasteiger partial charge in [0, 0.05) is 30.2 Å². The van der Waals surface area contributed by atoms with Gasteiger partial charge in [-0.3, -0.25) is 0 Å². The molecule has 0 atom stereocenters. The van der Waals surface area contributed by atoms with E-state index >= 15 is 0 Å². The summed E-state index contributed by atoms with van der Waals surface area (Å²) in [6, 6.07) is 10.1. The predicted molar refractivity (Wildman–Crippen MR) is 85.9 cm³/mol. The highest BCUT2D eigenvalue weighted by Crippen LogP contribution is 2.14. The quantitative estimate of drug-likeness (QED) is 0.678. The maximum atomic E-state index is 4.22. The Bertz CT molecular complexity index is 547. The lowest BCUT2D eigenvalue weighted by Crippen LogP contribution is -2.18. The van der Waals surface area contributed by atoms with Crippen molar-refractivity contribution < 1.29 is 0 Å². The molecule has 0 aliphatic rings. The molecule has 0 saturated carbocycles. The van der Waals surface area contributed by atoms with Crippen molar-refractivity contribution in [2.24, 2.45) is 0 Å². The van der Waals surface area contributed by atoms with Crippen LogP contribution in [0, 0.1) is 0 Å². The molecular weight excluding hydrogens is 318 g/mol. The number of nitrogens with one attached hydrogen (secondary N) is 3. The van der Waals surface area contributed by atoms with Crippen molar-refractivity contribution in [3.05, 3.63) is 46.7 Å². The monoisotopic (exact) mass is 335 g/mol. The van der Waals surface area contributed by atoms with Gasteiger partial charge < -0.3 is 16.0 Å². The molecule has 0 aliphatic carbocycles. The lowest BCUT2D eigenvalue weighted by molar-refractivity contribution is 0.821. The Morgan fingerprint density at radius 3 is 2.60 bits per heavy atom. The molecule has 1 aromatic carbocycles. The normalized spacial score (nSPS) is 10.3. The Balaban J connectivity index is 1.91. The maximum Gasteiger partial charge on any atom is 0.131 e. The average molecular weight is 336 g/mol. The summed E-state index contributed by atoms with van der Waals surface area (Å²) < 4.78 is 1.08. The first-order valence-electron chi connectivity index (χ1n) is 6.47. The number of halogens is 1. The number of rotatable bonds is 7. The highest BCUT2D eigenvalue weighted by Gasteiger charge is 1.99. The van der Waals surface area contributed by atoms with Crippen LogP contribution >= 0.6 is 15.9 Å². The fraction of sp³-hybridized carbons (Fsp3) is 0.286. The fourth-order valence-electron chi connectivity index (χ4n) is 1.71. The van der Waals surface area contributed by atoms with E-state index in [9.17, 15) is 0 Å². The van der Waals surface area contributed by atoms with E-state index in [4.69, 9.17) is 0 Å². The van der Waals surface area contributed by atoms with Crippen LogP contribution in [0.1, 0.15) is 5.56 Å². The summed E-state index contributed by atoms with van der Waals surface area (Å²) in [4.78, 5) is 8.40. The zero-order chi connectivity index (χ0) is 14.2. The Kier molecular flexibility index (Phi) is 5.76. The van der Waals surface area contributed by atoms with Gasteiger partial charge in [-0.05, 0) is 24.7 Å². The molecule has 0 amide bonds. The lowest BCUT2D eigenvalue weighted by atomic mass is 10.2. The Labute approximate surface area is 127 Å². The first-order chi connectivity index (χ1) is 9.78. The molecule has 0 saturated heterocycles. The van der Waals surface area contributed by atoms with Gasteiger partial charge in [-0.1, -0.05) is 28.1 Å². The van der Waals surface area contributed by atoms with Gasteiger partial charge in [0.1, 0.15) is 18.0 Å². The Morgan fingerprint density at radius 1 is 1.05 bits per heavy atom. The number of benzene rings is 1. The number of likely N-dealkylation sites (N-methyl/N-ethyl adjacent to an activating group) is 1. The molecule has 5 nitrogen and oxygen atoms in total. The van der Waals surface area contributed by atoms with Crippen LogP contribution in [-0.4, -0.2) is 30.1 Å². The van der Waals surface area contributed by atoms with Crippen molar-refractivity contribution in [3.8, 4) is 0 Å². The summed E-state index contributed by atoms with van der Waals surface area (Å²) in [7, 11) is 1.92. The molecule has 0 radical (unpaired) electrons. The maximum absolute atomic E-state index is 4.22. The van der Waals surface area contributed by atoms with Gasteiger partial charge in [0.05, 0.1) is 0 Å². The van der Waals surface area contributed by atoms with E-state index in [0.717, 1.165) is 35.7 Å². The molecule has 0 fully saturated rings. The van der Waals surface area contributed by atoms with Crippen LogP contribution in [0.15, 0.2) is 41.1 Å². The molecule has 3 N–H and O–H groups in total. The van der Waals surface area contributed by atoms with Crippen molar-refractivity contribution in [1.82, 2.24) is 15.3 Å². The zero-order valence-electron chi connectivity index (χ0n) is 11.4. The molecule has 2 aromatic rings. The SMILES string of the molecule is CNCCNc1cc(NCc2cccc(Br)c2)ncn1. The van der Waals surface area contributed by atoms with Gasteiger partial charge in [-0.25, -0.2) is 9.97 Å². The van der Waals surface area contributed by atoms with Crippen LogP contribution in [0.3, 0.4) is 0 Å². The number of hydrogen-bond acceptors (Lipinski definition) is 5. The average Bonchev–Trinajstić information content (AvgIpc) is 2.46. The summed E-state index contributed by atoms with van der Waals surface area (Å²) in [6.07, 6.45) is 1.56. The van der Waals surface area contributed by atoms with E-state index in [0.29, 0.717) is 0 Å². The fourth-order valence-corrected chi connectivity index (χ4v) is 2.15. The minimum Gasteiger partial charge on any atom is -0.369 e. The second-order valence-electron chi connectivity index (χ2n) is 4.30. The molecule has 0 unspecified atom stereocenters. The van der Waals surface area contributed by atoms with Gasteiger partial charge in [0.15, 0.2) is 0 Å². The van der Waals surface area contributed by atoms with Crippen molar-refractivity contribution >= 4 is 27.6 Å². The molecule has 6 heteroatoms. The minimum atomic E-state index is 0.729. The number of hydrogen-bond donors (Lipinski definition) is 3. The van der Waals surface area contributed by atoms with E-state index in [1.807, 2.05) is 25.2 Å². The minimum absolute atomic E-state index is 0.729. The van der Waals surface area contributed by atoms with Crippen LogP contribution in [0.2, 0.25) is 0 Å². The zero-order valence-corrected chi connectivity index (χ0v) is 12.9. The Hall–Kier alpha value is -1.66. The summed E-state index contributed by atoms with van der Waals surface area (Å²) in [5, 5.41) is 9.60. The first kappa shape index (κ1) is 14.7. The third-order valence-electron chi connectivity index (χ3n) is 2.71. The van der Waals surface area contributed by atoms with Crippen LogP contribution in [0.4, 0.5) is 11.6 Å². The first-order valence-corrected chi connectivity index (χ1v) is 7.26. The molecule has 0 bridgehead atoms. The molecule has 1 aromatic heterocycles. The lowest BCUT2D eigenvalue weighted by Gasteiger charge is -2.08. The largest absolute Gasteiger partial charge is 0.369 e. The molecule has 0 aliphatic heterocycles. The highest BCUT2D eigenvalue weighted by atomic mass is 79.9.